The summed E-state index contributed by atoms with van der Waals surface area (Å²) in [4.78, 5) is 20.9. The van der Waals surface area contributed by atoms with Crippen molar-refractivity contribution in [3.8, 4) is 34.0 Å². The SMILES string of the molecule is COCCBr.COCCOc1ccc(-c2nn(C)c3ccc([N+](=O)[O-])cc23)cc1F.Cn1nc(-c2ccc(O)c(F)c2)c2cc([N+](=O)[O-])ccc21. The molecule has 0 radical (unpaired) electrons. The number of phenolic OH excluding ortho intramolecular Hbond substituents is 1. The van der Waals surface area contributed by atoms with Gasteiger partial charge in [0.25, 0.3) is 11.4 Å². The van der Waals surface area contributed by atoms with Gasteiger partial charge in [0.15, 0.2) is 23.1 Å². The largest absolute Gasteiger partial charge is 0.505 e. The van der Waals surface area contributed by atoms with Crippen molar-refractivity contribution in [1.29, 1.82) is 0 Å². The maximum Gasteiger partial charge on any atom is 0.270 e. The van der Waals surface area contributed by atoms with Crippen LogP contribution in [0.4, 0.5) is 20.2 Å². The molecule has 14 nitrogen and oxygen atoms in total. The summed E-state index contributed by atoms with van der Waals surface area (Å²) in [7, 11) is 6.65. The van der Waals surface area contributed by atoms with Crippen LogP contribution in [0.5, 0.6) is 11.5 Å². The van der Waals surface area contributed by atoms with Gasteiger partial charge in [-0.1, -0.05) is 15.9 Å². The Morgan fingerprint density at radius 3 is 1.63 bits per heavy atom. The number of fused-ring (bicyclic) bond motifs is 2. The summed E-state index contributed by atoms with van der Waals surface area (Å²) >= 11 is 3.18. The van der Waals surface area contributed by atoms with Crippen LogP contribution in [-0.4, -0.2) is 73.9 Å². The summed E-state index contributed by atoms with van der Waals surface area (Å²) in [5.74, 6) is -1.63. The van der Waals surface area contributed by atoms with E-state index in [4.69, 9.17) is 9.47 Å². The Kier molecular flexibility index (Phi) is 13.1. The fourth-order valence-corrected chi connectivity index (χ4v) is 5.22. The highest BCUT2D eigenvalue weighted by Gasteiger charge is 2.18. The highest BCUT2D eigenvalue weighted by molar-refractivity contribution is 9.09. The Morgan fingerprint density at radius 2 is 1.22 bits per heavy atom. The first-order valence-electron chi connectivity index (χ1n) is 15.1. The molecule has 0 aliphatic heterocycles. The van der Waals surface area contributed by atoms with E-state index in [-0.39, 0.29) is 23.7 Å². The van der Waals surface area contributed by atoms with Crippen molar-refractivity contribution in [3.05, 3.63) is 105 Å². The number of aromatic nitrogens is 4. The average Bonchev–Trinajstić information content (AvgIpc) is 3.63. The fraction of sp³-hybridized carbons (Fsp3) is 0.235. The quantitative estimate of drug-likeness (QED) is 0.0644. The van der Waals surface area contributed by atoms with E-state index in [1.54, 1.807) is 48.8 Å². The molecule has 4 aromatic carbocycles. The molecule has 268 valence electrons. The monoisotopic (exact) mass is 770 g/mol. The molecule has 6 rings (SSSR count). The van der Waals surface area contributed by atoms with Gasteiger partial charge < -0.3 is 19.3 Å². The van der Waals surface area contributed by atoms with Crippen molar-refractivity contribution >= 4 is 49.1 Å². The van der Waals surface area contributed by atoms with Crippen molar-refractivity contribution in [3.63, 3.8) is 0 Å². The normalized spacial score (nSPS) is 10.7. The Morgan fingerprint density at radius 1 is 0.725 bits per heavy atom. The smallest absolute Gasteiger partial charge is 0.270 e. The third-order valence-electron chi connectivity index (χ3n) is 7.34. The lowest BCUT2D eigenvalue weighted by molar-refractivity contribution is -0.384. The van der Waals surface area contributed by atoms with E-state index in [2.05, 4.69) is 30.9 Å². The maximum atomic E-state index is 14.3. The molecule has 2 aromatic heterocycles. The topological polar surface area (TPSA) is 170 Å². The first kappa shape index (κ1) is 38.3. The van der Waals surface area contributed by atoms with Crippen LogP contribution in [0.15, 0.2) is 72.8 Å². The molecule has 17 heteroatoms. The van der Waals surface area contributed by atoms with E-state index >= 15 is 0 Å². The van der Waals surface area contributed by atoms with E-state index < -0.39 is 27.2 Å². The van der Waals surface area contributed by atoms with Gasteiger partial charge in [-0.2, -0.15) is 10.2 Å². The molecule has 0 saturated heterocycles. The number of aromatic hydroxyl groups is 1. The molecule has 0 bridgehead atoms. The second-order valence-electron chi connectivity index (χ2n) is 10.7. The Hall–Kier alpha value is -5.52. The minimum atomic E-state index is -0.767. The van der Waals surface area contributed by atoms with E-state index in [9.17, 15) is 34.1 Å². The van der Waals surface area contributed by atoms with Crippen LogP contribution >= 0.6 is 15.9 Å². The molecular formula is C34H33BrF2N6O8. The van der Waals surface area contributed by atoms with Crippen molar-refractivity contribution in [2.75, 3.05) is 39.4 Å². The van der Waals surface area contributed by atoms with Gasteiger partial charge in [-0.15, -0.1) is 0 Å². The van der Waals surface area contributed by atoms with Gasteiger partial charge in [-0.25, -0.2) is 8.78 Å². The molecule has 6 aromatic rings. The van der Waals surface area contributed by atoms with Gasteiger partial charge in [0.1, 0.15) is 18.0 Å². The van der Waals surface area contributed by atoms with Crippen molar-refractivity contribution in [2.45, 2.75) is 0 Å². The van der Waals surface area contributed by atoms with Gasteiger partial charge in [-0.05, 0) is 48.5 Å². The van der Waals surface area contributed by atoms with Crippen LogP contribution in [0, 0.1) is 31.9 Å². The second-order valence-corrected chi connectivity index (χ2v) is 11.5. The van der Waals surface area contributed by atoms with Crippen molar-refractivity contribution < 1.29 is 37.9 Å². The zero-order valence-corrected chi connectivity index (χ0v) is 29.5. The summed E-state index contributed by atoms with van der Waals surface area (Å²) in [6, 6.07) is 17.3. The summed E-state index contributed by atoms with van der Waals surface area (Å²) in [5.41, 5.74) is 3.18. The third kappa shape index (κ3) is 9.19. The zero-order chi connectivity index (χ0) is 37.2. The number of rotatable bonds is 10. The molecule has 0 amide bonds. The first-order valence-corrected chi connectivity index (χ1v) is 16.2. The number of benzene rings is 4. The lowest BCUT2D eigenvalue weighted by Gasteiger charge is -2.07. The van der Waals surface area contributed by atoms with Gasteiger partial charge in [0.2, 0.25) is 0 Å². The van der Waals surface area contributed by atoms with Crippen LogP contribution in [0.3, 0.4) is 0 Å². The minimum absolute atomic E-state index is 0.0401. The summed E-state index contributed by atoms with van der Waals surface area (Å²) < 4.78 is 45.7. The zero-order valence-electron chi connectivity index (χ0n) is 27.9. The Bertz CT molecular complexity index is 2170. The number of phenols is 1. The average molecular weight is 772 g/mol. The molecule has 0 spiro atoms. The number of nitro benzene ring substituents is 2. The van der Waals surface area contributed by atoms with Crippen LogP contribution in [0.1, 0.15) is 0 Å². The number of nitrogens with zero attached hydrogens (tertiary/aromatic N) is 6. The number of hydrogen-bond donors (Lipinski definition) is 1. The van der Waals surface area contributed by atoms with E-state index in [0.29, 0.717) is 45.4 Å². The molecule has 0 unspecified atom stereocenters. The third-order valence-corrected chi connectivity index (χ3v) is 7.67. The van der Waals surface area contributed by atoms with Gasteiger partial charge in [0.05, 0.1) is 34.1 Å². The van der Waals surface area contributed by atoms with E-state index in [1.165, 1.54) is 55.6 Å². The predicted molar refractivity (Wildman–Crippen MR) is 190 cm³/mol. The number of methoxy groups -OCH3 is 2. The van der Waals surface area contributed by atoms with Crippen molar-refractivity contribution in [1.82, 2.24) is 19.6 Å². The van der Waals surface area contributed by atoms with Crippen molar-refractivity contribution in [2.24, 2.45) is 14.1 Å². The Labute approximate surface area is 298 Å². The molecule has 0 fully saturated rings. The summed E-state index contributed by atoms with van der Waals surface area (Å²) in [6.45, 7) is 1.40. The molecule has 0 atom stereocenters. The lowest BCUT2D eigenvalue weighted by Crippen LogP contribution is -2.05. The number of alkyl halides is 1. The highest BCUT2D eigenvalue weighted by atomic mass is 79.9. The fourth-order valence-electron chi connectivity index (χ4n) is 4.89. The maximum absolute atomic E-state index is 14.3. The van der Waals surface area contributed by atoms with Gasteiger partial charge in [-0.3, -0.25) is 29.6 Å². The minimum Gasteiger partial charge on any atom is -0.505 e. The summed E-state index contributed by atoms with van der Waals surface area (Å²) in [5, 5.41) is 41.9. The molecule has 1 N–H and O–H groups in total. The number of hydrogen-bond acceptors (Lipinski definition) is 10. The van der Waals surface area contributed by atoms with Crippen LogP contribution < -0.4 is 4.74 Å². The number of non-ortho nitro benzene ring substituents is 2. The Balaban J connectivity index is 0.000000204. The number of nitro groups is 2. The molecule has 0 aliphatic rings. The molecule has 0 saturated carbocycles. The van der Waals surface area contributed by atoms with E-state index in [0.717, 1.165) is 23.5 Å². The molecule has 51 heavy (non-hydrogen) atoms. The number of ether oxygens (including phenoxy) is 3. The van der Waals surface area contributed by atoms with Gasteiger partial charge >= 0.3 is 0 Å². The molecular weight excluding hydrogens is 738 g/mol. The van der Waals surface area contributed by atoms with Crippen LogP contribution in [-0.2, 0) is 23.6 Å². The van der Waals surface area contributed by atoms with Crippen LogP contribution in [0.25, 0.3) is 44.3 Å². The lowest BCUT2D eigenvalue weighted by atomic mass is 10.1. The number of aryl methyl sites for hydroxylation is 2. The van der Waals surface area contributed by atoms with Gasteiger partial charge in [0, 0.05) is 79.8 Å². The summed E-state index contributed by atoms with van der Waals surface area (Å²) in [6.07, 6.45) is 0. The highest BCUT2D eigenvalue weighted by Crippen LogP contribution is 2.34. The van der Waals surface area contributed by atoms with Crippen LogP contribution in [0.2, 0.25) is 0 Å². The standard InChI is InChI=1S/C17H16FN3O4.C14H10FN3O3.C3H7BrO/c1-20-15-5-4-12(21(22)23)10-13(15)17(19-20)11-3-6-16(14(18)9-11)25-8-7-24-2;1-17-12-4-3-9(18(20)21)7-10(12)14(16-17)8-2-5-13(19)11(15)6-8;1-5-3-2-4/h3-6,9-10H,7-8H2,1-2H3;2-7,19H,1H3;2-3H2,1H3. The molecule has 2 heterocycles. The first-order chi connectivity index (χ1) is 24.4. The van der Waals surface area contributed by atoms with E-state index in [1.807, 2.05) is 0 Å². The predicted octanol–water partition coefficient (Wildman–Crippen LogP) is 7.33. The molecule has 0 aliphatic carbocycles. The second kappa shape index (κ2) is 17.4. The number of halogens is 3.